The van der Waals surface area contributed by atoms with E-state index in [9.17, 15) is 18.0 Å². The van der Waals surface area contributed by atoms with Crippen molar-refractivity contribution in [2.75, 3.05) is 11.6 Å². The lowest BCUT2D eigenvalue weighted by Gasteiger charge is -2.11. The lowest BCUT2D eigenvalue weighted by molar-refractivity contribution is 0.0980. The van der Waals surface area contributed by atoms with Crippen LogP contribution in [0.1, 0.15) is 20.8 Å². The number of carbonyl (C=O) groups excluding carboxylic acids is 2. The highest BCUT2D eigenvalue weighted by Gasteiger charge is 2.19. The number of sulfonamides is 1. The monoisotopic (exact) mass is 539 g/mol. The Morgan fingerprint density at radius 2 is 1.55 bits per heavy atom. The van der Waals surface area contributed by atoms with Gasteiger partial charge in [0.1, 0.15) is 10.3 Å². The van der Waals surface area contributed by atoms with Gasteiger partial charge in [-0.1, -0.05) is 18.2 Å². The topological polar surface area (TPSA) is 97.3 Å². The molecule has 3 rings (SSSR count). The molecular weight excluding hydrogens is 526 g/mol. The van der Waals surface area contributed by atoms with Gasteiger partial charge in [-0.3, -0.25) is 14.2 Å². The number of hydrogen-bond acceptors (Lipinski definition) is 4. The molecule has 0 spiro atoms. The molecule has 0 fully saturated rings. The van der Waals surface area contributed by atoms with Gasteiger partial charge in [-0.05, 0) is 74.3 Å². The first kappa shape index (κ1) is 21.3. The zero-order chi connectivity index (χ0) is 21.2. The molecule has 150 valence electrons. The number of benzene rings is 2. The number of anilines is 1. The number of nitrogens with one attached hydrogen (secondary N) is 2. The highest BCUT2D eigenvalue weighted by molar-refractivity contribution is 9.13. The van der Waals surface area contributed by atoms with Crippen molar-refractivity contribution in [1.82, 2.24) is 9.29 Å². The Bertz CT molecular complexity index is 1170. The number of aromatic nitrogens is 1. The maximum Gasteiger partial charge on any atom is 0.272 e. The van der Waals surface area contributed by atoms with Gasteiger partial charge < -0.3 is 5.32 Å². The van der Waals surface area contributed by atoms with E-state index >= 15 is 0 Å². The number of rotatable bonds is 5. The molecule has 0 aliphatic carbocycles. The van der Waals surface area contributed by atoms with Gasteiger partial charge >= 0.3 is 0 Å². The van der Waals surface area contributed by atoms with Gasteiger partial charge in [0.05, 0.1) is 10.7 Å². The smallest absolute Gasteiger partial charge is 0.272 e. The third kappa shape index (κ3) is 5.14. The normalized spacial score (nSPS) is 11.1. The number of nitrogens with zero attached hydrogens (tertiary/aromatic N) is 1. The van der Waals surface area contributed by atoms with Crippen LogP contribution in [0.5, 0.6) is 0 Å². The zero-order valence-corrected chi connectivity index (χ0v) is 19.0. The van der Waals surface area contributed by atoms with E-state index in [4.69, 9.17) is 0 Å². The van der Waals surface area contributed by atoms with E-state index < -0.39 is 15.9 Å². The molecule has 3 aromatic rings. The SMILES string of the molecule is CS(=O)(=O)NC(=O)c1ccc(NC(=O)c2cc(Br)c(Br)n2-c2ccccc2)cc1. The average molecular weight is 541 g/mol. The molecule has 1 heterocycles. The zero-order valence-electron chi connectivity index (χ0n) is 15.0. The molecule has 0 bridgehead atoms. The summed E-state index contributed by atoms with van der Waals surface area (Å²) in [6.45, 7) is 0. The van der Waals surface area contributed by atoms with Crippen molar-refractivity contribution in [3.63, 3.8) is 0 Å². The fourth-order valence-electron chi connectivity index (χ4n) is 2.58. The first-order valence-electron chi connectivity index (χ1n) is 8.21. The molecule has 1 aromatic heterocycles. The molecule has 10 heteroatoms. The molecule has 0 radical (unpaired) electrons. The maximum absolute atomic E-state index is 12.8. The van der Waals surface area contributed by atoms with Crippen molar-refractivity contribution < 1.29 is 18.0 Å². The van der Waals surface area contributed by atoms with Gasteiger partial charge in [0, 0.05) is 16.9 Å². The van der Waals surface area contributed by atoms with Crippen LogP contribution in [0.4, 0.5) is 5.69 Å². The lowest BCUT2D eigenvalue weighted by atomic mass is 10.2. The third-order valence-electron chi connectivity index (χ3n) is 3.83. The third-order valence-corrected chi connectivity index (χ3v) is 6.30. The summed E-state index contributed by atoms with van der Waals surface area (Å²) in [5, 5.41) is 2.77. The Labute approximate surface area is 184 Å². The maximum atomic E-state index is 12.8. The Morgan fingerprint density at radius 3 is 2.14 bits per heavy atom. The average Bonchev–Trinajstić information content (AvgIpc) is 2.96. The van der Waals surface area contributed by atoms with Crippen molar-refractivity contribution in [2.24, 2.45) is 0 Å². The molecule has 7 nitrogen and oxygen atoms in total. The molecule has 0 aliphatic heterocycles. The molecule has 0 atom stereocenters. The minimum atomic E-state index is -3.65. The van der Waals surface area contributed by atoms with E-state index in [1.165, 1.54) is 24.3 Å². The van der Waals surface area contributed by atoms with E-state index in [0.29, 0.717) is 16.0 Å². The van der Waals surface area contributed by atoms with Crippen LogP contribution in [-0.2, 0) is 10.0 Å². The fraction of sp³-hybridized carbons (Fsp3) is 0.0526. The summed E-state index contributed by atoms with van der Waals surface area (Å²) in [5.74, 6) is -1.09. The fourth-order valence-corrected chi connectivity index (χ4v) is 3.94. The van der Waals surface area contributed by atoms with E-state index in [0.717, 1.165) is 16.4 Å². The van der Waals surface area contributed by atoms with E-state index in [1.807, 2.05) is 35.1 Å². The van der Waals surface area contributed by atoms with Crippen LogP contribution < -0.4 is 10.0 Å². The second-order valence-electron chi connectivity index (χ2n) is 6.07. The minimum Gasteiger partial charge on any atom is -0.321 e. The molecule has 2 amide bonds. The number of para-hydroxylation sites is 1. The van der Waals surface area contributed by atoms with E-state index in [-0.39, 0.29) is 11.5 Å². The molecule has 2 N–H and O–H groups in total. The second-order valence-corrected chi connectivity index (χ2v) is 9.43. The van der Waals surface area contributed by atoms with Gasteiger partial charge in [0.2, 0.25) is 10.0 Å². The summed E-state index contributed by atoms with van der Waals surface area (Å²) in [5.41, 5.74) is 1.82. The van der Waals surface area contributed by atoms with Crippen LogP contribution in [0.25, 0.3) is 5.69 Å². The van der Waals surface area contributed by atoms with Gasteiger partial charge in [0.25, 0.3) is 11.8 Å². The quantitative estimate of drug-likeness (QED) is 0.512. The Hall–Kier alpha value is -2.43. The standard InChI is InChI=1S/C19H15Br2N3O4S/c1-29(27,28)23-18(25)12-7-9-13(10-8-12)22-19(26)16-11-15(20)17(21)24(16)14-5-3-2-4-6-14/h2-11H,1H3,(H,22,26)(H,23,25). The summed E-state index contributed by atoms with van der Waals surface area (Å²) < 4.78 is 27.4. The largest absolute Gasteiger partial charge is 0.321 e. The lowest BCUT2D eigenvalue weighted by Crippen LogP contribution is -2.29. The Morgan fingerprint density at radius 1 is 0.931 bits per heavy atom. The molecule has 0 unspecified atom stereocenters. The molecule has 2 aromatic carbocycles. The van der Waals surface area contributed by atoms with E-state index in [2.05, 4.69) is 37.2 Å². The highest BCUT2D eigenvalue weighted by Crippen LogP contribution is 2.31. The van der Waals surface area contributed by atoms with Gasteiger partial charge in [-0.15, -0.1) is 0 Å². The Kier molecular flexibility index (Phi) is 6.25. The first-order valence-corrected chi connectivity index (χ1v) is 11.7. The molecule has 0 aliphatic rings. The van der Waals surface area contributed by atoms with Crippen LogP contribution in [-0.4, -0.2) is 31.1 Å². The number of amides is 2. The molecule has 0 saturated carbocycles. The van der Waals surface area contributed by atoms with Crippen molar-refractivity contribution in [3.8, 4) is 5.69 Å². The van der Waals surface area contributed by atoms with Crippen LogP contribution in [0.2, 0.25) is 0 Å². The minimum absolute atomic E-state index is 0.159. The molecule has 0 saturated heterocycles. The summed E-state index contributed by atoms with van der Waals surface area (Å²) in [6, 6.07) is 17.0. The number of hydrogen-bond donors (Lipinski definition) is 2. The first-order chi connectivity index (χ1) is 13.7. The second kappa shape index (κ2) is 8.52. The van der Waals surface area contributed by atoms with E-state index in [1.54, 1.807) is 10.6 Å². The van der Waals surface area contributed by atoms with Gasteiger partial charge in [-0.2, -0.15) is 0 Å². The van der Waals surface area contributed by atoms with Gasteiger partial charge in [0.15, 0.2) is 0 Å². The summed E-state index contributed by atoms with van der Waals surface area (Å²) in [4.78, 5) is 24.7. The predicted molar refractivity (Wildman–Crippen MR) is 118 cm³/mol. The highest BCUT2D eigenvalue weighted by atomic mass is 79.9. The number of carbonyl (C=O) groups is 2. The van der Waals surface area contributed by atoms with Crippen molar-refractivity contribution in [1.29, 1.82) is 0 Å². The summed E-state index contributed by atoms with van der Waals surface area (Å²) in [7, 11) is -3.65. The van der Waals surface area contributed by atoms with Crippen molar-refractivity contribution in [2.45, 2.75) is 0 Å². The van der Waals surface area contributed by atoms with Gasteiger partial charge in [-0.25, -0.2) is 13.1 Å². The predicted octanol–water partition coefficient (Wildman–Crippen LogP) is 3.94. The number of halogens is 2. The Balaban J connectivity index is 1.83. The van der Waals surface area contributed by atoms with Crippen molar-refractivity contribution >= 4 is 59.4 Å². The molecular formula is C19H15Br2N3O4S. The van der Waals surface area contributed by atoms with Crippen LogP contribution >= 0.6 is 31.9 Å². The van der Waals surface area contributed by atoms with Crippen molar-refractivity contribution in [3.05, 3.63) is 81.0 Å². The van der Waals surface area contributed by atoms with Crippen LogP contribution in [0.15, 0.2) is 69.7 Å². The summed E-state index contributed by atoms with van der Waals surface area (Å²) in [6.07, 6.45) is 0.900. The van der Waals surface area contributed by atoms with Crippen LogP contribution in [0, 0.1) is 0 Å². The molecule has 29 heavy (non-hydrogen) atoms. The van der Waals surface area contributed by atoms with Crippen LogP contribution in [0.3, 0.4) is 0 Å². The summed E-state index contributed by atoms with van der Waals surface area (Å²) >= 11 is 6.91.